The van der Waals surface area contributed by atoms with Gasteiger partial charge in [0, 0.05) is 6.54 Å². The SMILES string of the molecule is N=C(N)N(CCCCc1ccc(OCC(O)CO)cc1)C(=O)c1nc(Cl)c(N)nc1N. The monoisotopic (exact) mass is 451 g/mol. The third kappa shape index (κ3) is 6.95. The van der Waals surface area contributed by atoms with Gasteiger partial charge in [-0.1, -0.05) is 23.7 Å². The molecule has 168 valence electrons. The number of carbonyl (C=O) groups is 1. The van der Waals surface area contributed by atoms with E-state index in [0.717, 1.165) is 23.3 Å². The quantitative estimate of drug-likeness (QED) is 0.168. The molecule has 1 unspecified atom stereocenters. The minimum atomic E-state index is -0.919. The largest absolute Gasteiger partial charge is 0.491 e. The number of benzene rings is 1. The van der Waals surface area contributed by atoms with Crippen LogP contribution in [0.1, 0.15) is 28.9 Å². The molecule has 0 saturated heterocycles. The lowest BCUT2D eigenvalue weighted by Crippen LogP contribution is -2.42. The van der Waals surface area contributed by atoms with Crippen LogP contribution in [-0.4, -0.2) is 62.8 Å². The Morgan fingerprint density at radius 1 is 1.19 bits per heavy atom. The number of aliphatic hydroxyl groups excluding tert-OH is 2. The number of nitrogen functional groups attached to an aromatic ring is 2. The first kappa shape index (κ1) is 24.1. The average Bonchev–Trinajstić information content (AvgIpc) is 2.74. The lowest BCUT2D eigenvalue weighted by molar-refractivity contribution is 0.0536. The van der Waals surface area contributed by atoms with Crippen LogP contribution in [0.5, 0.6) is 5.75 Å². The maximum Gasteiger partial charge on any atom is 0.283 e. The second-order valence-corrected chi connectivity index (χ2v) is 7.08. The number of amides is 1. The molecule has 31 heavy (non-hydrogen) atoms. The van der Waals surface area contributed by atoms with Gasteiger partial charge >= 0.3 is 0 Å². The van der Waals surface area contributed by atoms with Crippen LogP contribution in [0.25, 0.3) is 0 Å². The van der Waals surface area contributed by atoms with Crippen molar-refractivity contribution in [3.8, 4) is 5.75 Å². The Morgan fingerprint density at radius 2 is 1.87 bits per heavy atom. The number of nitrogens with one attached hydrogen (secondary N) is 1. The Labute approximate surface area is 184 Å². The Balaban J connectivity index is 1.88. The van der Waals surface area contributed by atoms with Crippen molar-refractivity contribution in [3.63, 3.8) is 0 Å². The zero-order valence-electron chi connectivity index (χ0n) is 16.8. The van der Waals surface area contributed by atoms with Gasteiger partial charge in [0.05, 0.1) is 6.61 Å². The van der Waals surface area contributed by atoms with Crippen LogP contribution in [0, 0.1) is 5.41 Å². The van der Waals surface area contributed by atoms with Gasteiger partial charge in [0.1, 0.15) is 18.5 Å². The number of ether oxygens (including phenoxy) is 1. The van der Waals surface area contributed by atoms with Crippen molar-refractivity contribution >= 4 is 35.1 Å². The smallest absolute Gasteiger partial charge is 0.283 e. The predicted molar refractivity (Wildman–Crippen MR) is 117 cm³/mol. The Kier molecular flexibility index (Phi) is 8.79. The van der Waals surface area contributed by atoms with Gasteiger partial charge in [0.15, 0.2) is 28.4 Å². The van der Waals surface area contributed by atoms with Gasteiger partial charge in [-0.3, -0.25) is 15.1 Å². The Morgan fingerprint density at radius 3 is 2.48 bits per heavy atom. The number of aryl methyl sites for hydroxylation is 1. The average molecular weight is 452 g/mol. The first-order valence-electron chi connectivity index (χ1n) is 9.48. The van der Waals surface area contributed by atoms with E-state index >= 15 is 0 Å². The normalized spacial score (nSPS) is 11.7. The predicted octanol–water partition coefficient (Wildman–Crippen LogP) is 0.385. The van der Waals surface area contributed by atoms with Crippen molar-refractivity contribution in [1.82, 2.24) is 14.9 Å². The summed E-state index contributed by atoms with van der Waals surface area (Å²) in [6.07, 6.45) is 1.11. The van der Waals surface area contributed by atoms with Gasteiger partial charge < -0.3 is 32.2 Å². The van der Waals surface area contributed by atoms with E-state index in [1.165, 1.54) is 0 Å². The van der Waals surface area contributed by atoms with Crippen LogP contribution in [0.2, 0.25) is 5.15 Å². The van der Waals surface area contributed by atoms with Crippen LogP contribution in [0.4, 0.5) is 11.6 Å². The summed E-state index contributed by atoms with van der Waals surface area (Å²) in [6.45, 7) is -0.154. The number of nitrogens with two attached hydrogens (primary N) is 3. The van der Waals surface area contributed by atoms with Gasteiger partial charge in [-0.25, -0.2) is 9.97 Å². The van der Waals surface area contributed by atoms with E-state index in [0.29, 0.717) is 12.2 Å². The van der Waals surface area contributed by atoms with Crippen LogP contribution in [0.15, 0.2) is 24.3 Å². The number of anilines is 2. The van der Waals surface area contributed by atoms with E-state index in [1.54, 1.807) is 12.1 Å². The number of hydrogen-bond acceptors (Lipinski definition) is 9. The van der Waals surface area contributed by atoms with Crippen molar-refractivity contribution in [3.05, 3.63) is 40.7 Å². The molecule has 0 aliphatic heterocycles. The Bertz CT molecular complexity index is 911. The maximum atomic E-state index is 12.7. The number of nitrogens with zero attached hydrogens (tertiary/aromatic N) is 3. The molecule has 12 heteroatoms. The first-order valence-corrected chi connectivity index (χ1v) is 9.85. The topological polar surface area (TPSA) is 198 Å². The summed E-state index contributed by atoms with van der Waals surface area (Å²) in [5, 5.41) is 25.6. The van der Waals surface area contributed by atoms with E-state index in [9.17, 15) is 9.90 Å². The number of unbranched alkanes of at least 4 members (excludes halogenated alkanes) is 1. The van der Waals surface area contributed by atoms with E-state index < -0.39 is 18.0 Å². The van der Waals surface area contributed by atoms with E-state index in [4.69, 9.17) is 44.1 Å². The third-order valence-corrected chi connectivity index (χ3v) is 4.60. The second-order valence-electron chi connectivity index (χ2n) is 6.72. The molecule has 0 bridgehead atoms. The molecule has 0 saturated carbocycles. The molecule has 0 aliphatic rings. The standard InChI is InChI=1S/C19H26ClN7O4/c20-15-17(22)26-16(21)14(25-15)18(30)27(19(23)24)8-2-1-3-11-4-6-13(7-5-11)31-10-12(29)9-28/h4-7,12,28-29H,1-3,8-10H2,(H3,23,24)(H4,21,22,26). The number of rotatable bonds is 10. The third-order valence-electron chi connectivity index (χ3n) is 4.32. The summed E-state index contributed by atoms with van der Waals surface area (Å²) >= 11 is 5.82. The molecule has 0 radical (unpaired) electrons. The summed E-state index contributed by atoms with van der Waals surface area (Å²) in [5.41, 5.74) is 17.6. The molecule has 9 N–H and O–H groups in total. The number of carbonyl (C=O) groups excluding carboxylic acids is 1. The highest BCUT2D eigenvalue weighted by atomic mass is 35.5. The molecular weight excluding hydrogens is 426 g/mol. The molecule has 1 heterocycles. The minimum absolute atomic E-state index is 0.0128. The van der Waals surface area contributed by atoms with Crippen molar-refractivity contribution in [2.75, 3.05) is 31.2 Å². The molecular formula is C19H26ClN7O4. The number of aromatic nitrogens is 2. The number of aliphatic hydroxyl groups is 2. The van der Waals surface area contributed by atoms with Gasteiger partial charge in [-0.15, -0.1) is 0 Å². The summed E-state index contributed by atoms with van der Waals surface area (Å²) in [7, 11) is 0. The number of guanidine groups is 1. The number of hydrogen-bond donors (Lipinski definition) is 6. The highest BCUT2D eigenvalue weighted by Gasteiger charge is 2.23. The summed E-state index contributed by atoms with van der Waals surface area (Å²) in [6, 6.07) is 7.33. The maximum absolute atomic E-state index is 12.7. The van der Waals surface area contributed by atoms with Gasteiger partial charge in [-0.2, -0.15) is 0 Å². The Hall–Kier alpha value is -3.15. The van der Waals surface area contributed by atoms with E-state index in [2.05, 4.69) is 9.97 Å². The fourth-order valence-corrected chi connectivity index (χ4v) is 2.78. The highest BCUT2D eigenvalue weighted by Crippen LogP contribution is 2.19. The second kappa shape index (κ2) is 11.3. The molecule has 1 aromatic heterocycles. The van der Waals surface area contributed by atoms with Crippen LogP contribution in [-0.2, 0) is 6.42 Å². The van der Waals surface area contributed by atoms with E-state index in [1.807, 2.05) is 12.1 Å². The molecule has 1 aromatic carbocycles. The number of halogens is 1. The van der Waals surface area contributed by atoms with Crippen molar-refractivity contribution < 1.29 is 19.7 Å². The first-order chi connectivity index (χ1) is 14.7. The fraction of sp³-hybridized carbons (Fsp3) is 0.368. The molecule has 0 aliphatic carbocycles. The molecule has 1 amide bonds. The zero-order valence-corrected chi connectivity index (χ0v) is 17.5. The lowest BCUT2D eigenvalue weighted by atomic mass is 10.1. The minimum Gasteiger partial charge on any atom is -0.491 e. The molecule has 0 spiro atoms. The van der Waals surface area contributed by atoms with E-state index in [-0.39, 0.29) is 42.2 Å². The molecule has 2 aromatic rings. The van der Waals surface area contributed by atoms with Crippen LogP contribution >= 0.6 is 11.6 Å². The summed E-state index contributed by atoms with van der Waals surface area (Å²) in [5.74, 6) is -0.805. The highest BCUT2D eigenvalue weighted by molar-refractivity contribution is 6.31. The van der Waals surface area contributed by atoms with Crippen molar-refractivity contribution in [1.29, 1.82) is 5.41 Å². The molecule has 0 fully saturated rings. The van der Waals surface area contributed by atoms with Crippen LogP contribution < -0.4 is 21.9 Å². The fourth-order valence-electron chi connectivity index (χ4n) is 2.65. The van der Waals surface area contributed by atoms with Gasteiger partial charge in [0.25, 0.3) is 5.91 Å². The zero-order chi connectivity index (χ0) is 23.0. The van der Waals surface area contributed by atoms with Gasteiger partial charge in [0.2, 0.25) is 0 Å². The molecule has 11 nitrogen and oxygen atoms in total. The van der Waals surface area contributed by atoms with Gasteiger partial charge in [-0.05, 0) is 37.0 Å². The molecule has 1 atom stereocenters. The molecule has 2 rings (SSSR count). The van der Waals surface area contributed by atoms with Crippen molar-refractivity contribution in [2.24, 2.45) is 5.73 Å². The lowest BCUT2D eigenvalue weighted by Gasteiger charge is -2.20. The summed E-state index contributed by atoms with van der Waals surface area (Å²) < 4.78 is 5.36. The van der Waals surface area contributed by atoms with Crippen LogP contribution in [0.3, 0.4) is 0 Å². The summed E-state index contributed by atoms with van der Waals surface area (Å²) in [4.78, 5) is 21.4. The van der Waals surface area contributed by atoms with Crippen molar-refractivity contribution in [2.45, 2.75) is 25.4 Å².